The van der Waals surface area contributed by atoms with Crippen molar-refractivity contribution in [1.82, 2.24) is 9.97 Å². The van der Waals surface area contributed by atoms with Gasteiger partial charge >= 0.3 is 0 Å². The third-order valence-corrected chi connectivity index (χ3v) is 6.42. The Bertz CT molecular complexity index is 1140. The molecule has 1 aromatic carbocycles. The van der Waals surface area contributed by atoms with Gasteiger partial charge in [0.05, 0.1) is 16.9 Å². The van der Waals surface area contributed by atoms with Crippen LogP contribution in [-0.4, -0.2) is 29.0 Å². The fraction of sp³-hybridized carbons (Fsp3) is 0.227. The number of benzene rings is 1. The summed E-state index contributed by atoms with van der Waals surface area (Å²) in [6.07, 6.45) is 6.91. The second-order valence-electron chi connectivity index (χ2n) is 7.12. The molecule has 1 amide bonds. The van der Waals surface area contributed by atoms with Crippen LogP contribution in [0, 0.1) is 5.92 Å². The smallest absolute Gasteiger partial charge is 0.227 e. The van der Waals surface area contributed by atoms with Crippen molar-refractivity contribution in [2.75, 3.05) is 23.3 Å². The summed E-state index contributed by atoms with van der Waals surface area (Å²) >= 11 is 1.78. The molecule has 140 valence electrons. The van der Waals surface area contributed by atoms with Crippen molar-refractivity contribution < 1.29 is 4.79 Å². The molecule has 0 radical (unpaired) electrons. The number of piperidine rings is 1. The molecule has 0 aliphatic carbocycles. The summed E-state index contributed by atoms with van der Waals surface area (Å²) in [5.41, 5.74) is 2.92. The van der Waals surface area contributed by atoms with Gasteiger partial charge in [0.25, 0.3) is 0 Å². The molecule has 0 atom stereocenters. The van der Waals surface area contributed by atoms with Crippen LogP contribution in [0.4, 0.5) is 11.4 Å². The summed E-state index contributed by atoms with van der Waals surface area (Å²) in [5, 5.41) is 7.52. The van der Waals surface area contributed by atoms with Crippen molar-refractivity contribution in [3.8, 4) is 0 Å². The lowest BCUT2D eigenvalue weighted by Crippen LogP contribution is -2.38. The molecule has 0 bridgehead atoms. The summed E-state index contributed by atoms with van der Waals surface area (Å²) in [5.74, 6) is 0.118. The van der Waals surface area contributed by atoms with E-state index in [2.05, 4.69) is 49.8 Å². The van der Waals surface area contributed by atoms with Gasteiger partial charge in [-0.3, -0.25) is 14.8 Å². The molecule has 4 heterocycles. The Kier molecular flexibility index (Phi) is 4.41. The summed E-state index contributed by atoms with van der Waals surface area (Å²) in [7, 11) is 0. The predicted molar refractivity (Wildman–Crippen MR) is 115 cm³/mol. The molecular weight excluding hydrogens is 368 g/mol. The van der Waals surface area contributed by atoms with Crippen LogP contribution in [0.15, 0.2) is 60.4 Å². The molecule has 5 rings (SSSR count). The quantitative estimate of drug-likeness (QED) is 0.553. The number of thiophene rings is 1. The molecule has 0 unspecified atom stereocenters. The van der Waals surface area contributed by atoms with Crippen LogP contribution in [0.1, 0.15) is 12.8 Å². The van der Waals surface area contributed by atoms with Crippen LogP contribution < -0.4 is 10.2 Å². The average molecular weight is 388 g/mol. The number of hydrogen-bond acceptors (Lipinski definition) is 5. The maximum Gasteiger partial charge on any atom is 0.227 e. The van der Waals surface area contributed by atoms with E-state index in [0.29, 0.717) is 0 Å². The predicted octanol–water partition coefficient (Wildman–Crippen LogP) is 4.70. The van der Waals surface area contributed by atoms with Crippen molar-refractivity contribution in [3.05, 3.63) is 60.4 Å². The van der Waals surface area contributed by atoms with Gasteiger partial charge in [0, 0.05) is 58.5 Å². The van der Waals surface area contributed by atoms with Crippen molar-refractivity contribution in [3.63, 3.8) is 0 Å². The Labute approximate surface area is 167 Å². The summed E-state index contributed by atoms with van der Waals surface area (Å²) in [6, 6.07) is 12.2. The van der Waals surface area contributed by atoms with E-state index >= 15 is 0 Å². The number of nitrogens with zero attached hydrogens (tertiary/aromatic N) is 3. The van der Waals surface area contributed by atoms with Gasteiger partial charge in [-0.25, -0.2) is 0 Å². The number of fused-ring (bicyclic) bond motifs is 2. The average Bonchev–Trinajstić information content (AvgIpc) is 3.18. The van der Waals surface area contributed by atoms with Gasteiger partial charge in [0.15, 0.2) is 0 Å². The fourth-order valence-corrected chi connectivity index (χ4v) is 4.90. The molecule has 1 fully saturated rings. The Hall–Kier alpha value is -2.99. The Morgan fingerprint density at radius 3 is 2.82 bits per heavy atom. The minimum absolute atomic E-state index is 0.0287. The van der Waals surface area contributed by atoms with E-state index in [4.69, 9.17) is 0 Å². The van der Waals surface area contributed by atoms with E-state index in [9.17, 15) is 4.79 Å². The number of carbonyl (C=O) groups is 1. The number of carbonyl (C=O) groups excluding carboxylic acids is 1. The largest absolute Gasteiger partial charge is 0.370 e. The zero-order valence-electron chi connectivity index (χ0n) is 15.3. The number of aromatic nitrogens is 2. The highest BCUT2D eigenvalue weighted by molar-refractivity contribution is 7.17. The van der Waals surface area contributed by atoms with Crippen LogP contribution in [-0.2, 0) is 4.79 Å². The number of amides is 1. The first-order chi connectivity index (χ1) is 13.8. The standard InChI is InChI=1S/C22H20N4OS/c27-22(25-19-6-10-24-18-5-9-23-13-17(18)19)15-7-11-26(12-8-15)20-14-28-21-4-2-1-3-16(20)21/h1-6,9-10,13-15H,7-8,11-12H2,(H,24,25,27). The Morgan fingerprint density at radius 2 is 1.93 bits per heavy atom. The van der Waals surface area contributed by atoms with Crippen LogP contribution in [0.3, 0.4) is 0 Å². The molecule has 5 nitrogen and oxygen atoms in total. The highest BCUT2D eigenvalue weighted by Gasteiger charge is 2.26. The number of pyridine rings is 2. The van der Waals surface area contributed by atoms with Gasteiger partial charge in [-0.15, -0.1) is 11.3 Å². The normalized spacial score (nSPS) is 15.2. The first-order valence-electron chi connectivity index (χ1n) is 9.50. The number of rotatable bonds is 3. The van der Waals surface area contributed by atoms with Gasteiger partial charge < -0.3 is 10.2 Å². The summed E-state index contributed by atoms with van der Waals surface area (Å²) in [4.78, 5) is 23.7. The van der Waals surface area contributed by atoms with Gasteiger partial charge in [-0.2, -0.15) is 0 Å². The SMILES string of the molecule is O=C(Nc1ccnc2ccncc12)C1CCN(c2csc3ccccc23)CC1. The van der Waals surface area contributed by atoms with E-state index in [-0.39, 0.29) is 11.8 Å². The van der Waals surface area contributed by atoms with Crippen LogP contribution in [0.2, 0.25) is 0 Å². The summed E-state index contributed by atoms with van der Waals surface area (Å²) < 4.78 is 1.32. The van der Waals surface area contributed by atoms with Crippen LogP contribution in [0.5, 0.6) is 0 Å². The Balaban J connectivity index is 1.28. The second kappa shape index (κ2) is 7.20. The lowest BCUT2D eigenvalue weighted by molar-refractivity contribution is -0.120. The maximum absolute atomic E-state index is 12.8. The third-order valence-electron chi connectivity index (χ3n) is 5.47. The number of anilines is 2. The van der Waals surface area contributed by atoms with E-state index in [1.165, 1.54) is 15.8 Å². The third kappa shape index (κ3) is 3.10. The van der Waals surface area contributed by atoms with E-state index in [0.717, 1.165) is 42.5 Å². The number of hydrogen-bond donors (Lipinski definition) is 1. The fourth-order valence-electron chi connectivity index (χ4n) is 3.92. The van der Waals surface area contributed by atoms with Crippen molar-refractivity contribution >= 4 is 49.6 Å². The zero-order chi connectivity index (χ0) is 18.9. The highest BCUT2D eigenvalue weighted by atomic mass is 32.1. The molecule has 3 aromatic heterocycles. The van der Waals surface area contributed by atoms with Gasteiger partial charge in [0.2, 0.25) is 5.91 Å². The molecule has 4 aromatic rings. The second-order valence-corrected chi connectivity index (χ2v) is 8.03. The summed E-state index contributed by atoms with van der Waals surface area (Å²) in [6.45, 7) is 1.80. The maximum atomic E-state index is 12.8. The number of nitrogens with one attached hydrogen (secondary N) is 1. The van der Waals surface area contributed by atoms with Gasteiger partial charge in [-0.1, -0.05) is 18.2 Å². The van der Waals surface area contributed by atoms with Gasteiger partial charge in [0.1, 0.15) is 0 Å². The van der Waals surface area contributed by atoms with Gasteiger partial charge in [-0.05, 0) is 31.0 Å². The molecule has 0 spiro atoms. The monoisotopic (exact) mass is 388 g/mol. The lowest BCUT2D eigenvalue weighted by atomic mass is 9.95. The van der Waals surface area contributed by atoms with Crippen molar-refractivity contribution in [1.29, 1.82) is 0 Å². The molecule has 6 heteroatoms. The molecule has 0 saturated carbocycles. The first kappa shape index (κ1) is 17.1. The van der Waals surface area contributed by atoms with E-state index in [1.54, 1.807) is 29.9 Å². The lowest BCUT2D eigenvalue weighted by Gasteiger charge is -2.32. The minimum atomic E-state index is 0.0287. The topological polar surface area (TPSA) is 58.1 Å². The van der Waals surface area contributed by atoms with Crippen LogP contribution in [0.25, 0.3) is 21.0 Å². The highest BCUT2D eigenvalue weighted by Crippen LogP contribution is 2.35. The molecule has 28 heavy (non-hydrogen) atoms. The Morgan fingerprint density at radius 1 is 1.07 bits per heavy atom. The van der Waals surface area contributed by atoms with E-state index < -0.39 is 0 Å². The van der Waals surface area contributed by atoms with Crippen molar-refractivity contribution in [2.24, 2.45) is 5.92 Å². The molecule has 1 saturated heterocycles. The molecule has 1 aliphatic rings. The molecule has 1 aliphatic heterocycles. The molecule has 1 N–H and O–H groups in total. The molecular formula is C22H20N4OS. The first-order valence-corrected chi connectivity index (χ1v) is 10.4. The van der Waals surface area contributed by atoms with E-state index in [1.807, 2.05) is 12.1 Å². The van der Waals surface area contributed by atoms with Crippen LogP contribution >= 0.6 is 11.3 Å². The zero-order valence-corrected chi connectivity index (χ0v) is 16.2. The van der Waals surface area contributed by atoms with Crippen molar-refractivity contribution in [2.45, 2.75) is 12.8 Å². The minimum Gasteiger partial charge on any atom is -0.370 e.